The highest BCUT2D eigenvalue weighted by atomic mass is 19.1. The highest BCUT2D eigenvalue weighted by Crippen LogP contribution is 2.43. The van der Waals surface area contributed by atoms with Crippen molar-refractivity contribution < 1.29 is 18.6 Å². The number of halogens is 1. The van der Waals surface area contributed by atoms with E-state index in [-0.39, 0.29) is 12.5 Å². The van der Waals surface area contributed by atoms with Crippen LogP contribution in [0.5, 0.6) is 17.2 Å². The molecule has 0 radical (unpaired) electrons. The van der Waals surface area contributed by atoms with Crippen LogP contribution >= 0.6 is 0 Å². The Labute approximate surface area is 93.1 Å². The molecule has 88 valence electrons. The van der Waals surface area contributed by atoms with Crippen LogP contribution in [-0.4, -0.2) is 20.4 Å². The van der Waals surface area contributed by atoms with Crippen LogP contribution < -0.4 is 19.9 Å². The van der Waals surface area contributed by atoms with Gasteiger partial charge in [0.05, 0.1) is 7.11 Å². The molecular weight excluding hydrogens is 213 g/mol. The third-order valence-corrected chi connectivity index (χ3v) is 2.50. The van der Waals surface area contributed by atoms with Gasteiger partial charge < -0.3 is 19.9 Å². The topological polar surface area (TPSA) is 53.7 Å². The minimum Gasteiger partial charge on any atom is -0.493 e. The van der Waals surface area contributed by atoms with E-state index < -0.39 is 5.82 Å². The summed E-state index contributed by atoms with van der Waals surface area (Å²) in [5, 5.41) is 0. The fraction of sp³-hybridized carbons (Fsp3) is 0.455. The summed E-state index contributed by atoms with van der Waals surface area (Å²) in [6.07, 6.45) is 1.36. The first-order valence-corrected chi connectivity index (χ1v) is 5.13. The number of hydrogen-bond donors (Lipinski definition) is 1. The van der Waals surface area contributed by atoms with Crippen molar-refractivity contribution in [3.63, 3.8) is 0 Å². The largest absolute Gasteiger partial charge is 0.493 e. The second kappa shape index (κ2) is 4.57. The molecule has 0 saturated carbocycles. The molecule has 1 aliphatic rings. The molecule has 4 nitrogen and oxygen atoms in total. The van der Waals surface area contributed by atoms with E-state index in [4.69, 9.17) is 19.9 Å². The Balaban J connectivity index is 2.44. The van der Waals surface area contributed by atoms with Crippen LogP contribution in [0, 0.1) is 5.82 Å². The van der Waals surface area contributed by atoms with Crippen molar-refractivity contribution in [3.05, 3.63) is 17.4 Å². The second-order valence-corrected chi connectivity index (χ2v) is 3.50. The van der Waals surface area contributed by atoms with Crippen LogP contribution in [0.4, 0.5) is 4.39 Å². The summed E-state index contributed by atoms with van der Waals surface area (Å²) in [6.45, 7) is 0.660. The van der Waals surface area contributed by atoms with Gasteiger partial charge in [-0.15, -0.1) is 0 Å². The molecular formula is C11H14FNO3. The molecule has 0 unspecified atom stereocenters. The molecule has 0 spiro atoms. The van der Waals surface area contributed by atoms with Gasteiger partial charge in [0.15, 0.2) is 23.1 Å². The maximum absolute atomic E-state index is 13.6. The molecule has 0 aromatic heterocycles. The highest BCUT2D eigenvalue weighted by molar-refractivity contribution is 5.55. The predicted octanol–water partition coefficient (Wildman–Crippen LogP) is 1.45. The van der Waals surface area contributed by atoms with E-state index in [0.29, 0.717) is 30.0 Å². The zero-order valence-electron chi connectivity index (χ0n) is 9.09. The summed E-state index contributed by atoms with van der Waals surface area (Å²) in [7, 11) is 1.44. The number of rotatable bonds is 4. The lowest BCUT2D eigenvalue weighted by Gasteiger charge is -2.11. The number of benzene rings is 1. The third kappa shape index (κ3) is 1.78. The number of nitrogens with two attached hydrogens (primary N) is 1. The molecule has 0 bridgehead atoms. The fourth-order valence-electron chi connectivity index (χ4n) is 1.79. The SMILES string of the molecule is COc1c(F)cc2c(c1CCCN)OCO2. The van der Waals surface area contributed by atoms with Crippen molar-refractivity contribution in [3.8, 4) is 17.2 Å². The van der Waals surface area contributed by atoms with Crippen LogP contribution in [0.15, 0.2) is 6.07 Å². The van der Waals surface area contributed by atoms with E-state index in [1.165, 1.54) is 13.2 Å². The lowest BCUT2D eigenvalue weighted by atomic mass is 10.1. The summed E-state index contributed by atoms with van der Waals surface area (Å²) >= 11 is 0. The smallest absolute Gasteiger partial charge is 0.231 e. The predicted molar refractivity (Wildman–Crippen MR) is 56.5 cm³/mol. The van der Waals surface area contributed by atoms with Crippen molar-refractivity contribution in [2.24, 2.45) is 5.73 Å². The minimum absolute atomic E-state index is 0.123. The van der Waals surface area contributed by atoms with Gasteiger partial charge in [0.1, 0.15) is 0 Å². The van der Waals surface area contributed by atoms with Gasteiger partial charge in [-0.1, -0.05) is 0 Å². The molecule has 0 saturated heterocycles. The van der Waals surface area contributed by atoms with Crippen molar-refractivity contribution in [1.29, 1.82) is 0 Å². The summed E-state index contributed by atoms with van der Waals surface area (Å²) in [4.78, 5) is 0. The number of hydrogen-bond acceptors (Lipinski definition) is 4. The maximum Gasteiger partial charge on any atom is 0.231 e. The molecule has 0 atom stereocenters. The van der Waals surface area contributed by atoms with Crippen molar-refractivity contribution >= 4 is 0 Å². The standard InChI is InChI=1S/C11H14FNO3/c1-14-10-7(3-2-4-13)11-9(5-8(10)12)15-6-16-11/h5H,2-4,6,13H2,1H3. The number of fused-ring (bicyclic) bond motifs is 1. The van der Waals surface area contributed by atoms with Gasteiger partial charge in [0.25, 0.3) is 0 Å². The summed E-state index contributed by atoms with van der Waals surface area (Å²) in [5.41, 5.74) is 6.14. The van der Waals surface area contributed by atoms with E-state index in [1.807, 2.05) is 0 Å². The number of methoxy groups -OCH3 is 1. The van der Waals surface area contributed by atoms with Crippen molar-refractivity contribution in [2.75, 3.05) is 20.4 Å². The fourth-order valence-corrected chi connectivity index (χ4v) is 1.79. The summed E-state index contributed by atoms with van der Waals surface area (Å²) in [6, 6.07) is 1.28. The first-order chi connectivity index (χ1) is 7.77. The Morgan fingerprint density at radius 3 is 3.00 bits per heavy atom. The van der Waals surface area contributed by atoms with Crippen molar-refractivity contribution in [1.82, 2.24) is 0 Å². The lowest BCUT2D eigenvalue weighted by molar-refractivity contribution is 0.173. The first kappa shape index (κ1) is 11.0. The van der Waals surface area contributed by atoms with Gasteiger partial charge in [0.2, 0.25) is 6.79 Å². The Morgan fingerprint density at radius 1 is 1.50 bits per heavy atom. The molecule has 1 heterocycles. The summed E-state index contributed by atoms with van der Waals surface area (Å²) < 4.78 is 29.2. The molecule has 1 aliphatic heterocycles. The van der Waals surface area contributed by atoms with Crippen LogP contribution in [0.1, 0.15) is 12.0 Å². The quantitative estimate of drug-likeness (QED) is 0.846. The minimum atomic E-state index is -0.432. The first-order valence-electron chi connectivity index (χ1n) is 5.13. The van der Waals surface area contributed by atoms with E-state index >= 15 is 0 Å². The maximum atomic E-state index is 13.6. The Hall–Kier alpha value is -1.49. The summed E-state index contributed by atoms with van der Waals surface area (Å²) in [5.74, 6) is 0.800. The van der Waals surface area contributed by atoms with Gasteiger partial charge in [-0.25, -0.2) is 4.39 Å². The molecule has 1 aromatic carbocycles. The third-order valence-electron chi connectivity index (χ3n) is 2.50. The molecule has 0 amide bonds. The van der Waals surface area contributed by atoms with E-state index in [1.54, 1.807) is 0 Å². The van der Waals surface area contributed by atoms with Crippen LogP contribution in [0.2, 0.25) is 0 Å². The van der Waals surface area contributed by atoms with E-state index in [2.05, 4.69) is 0 Å². The molecule has 0 fully saturated rings. The van der Waals surface area contributed by atoms with Gasteiger partial charge in [-0.3, -0.25) is 0 Å². The monoisotopic (exact) mass is 227 g/mol. The molecule has 0 aliphatic carbocycles. The Kier molecular flexibility index (Phi) is 3.14. The molecule has 16 heavy (non-hydrogen) atoms. The molecule has 5 heteroatoms. The van der Waals surface area contributed by atoms with Gasteiger partial charge >= 0.3 is 0 Å². The van der Waals surface area contributed by atoms with Crippen LogP contribution in [0.3, 0.4) is 0 Å². The molecule has 2 N–H and O–H groups in total. The molecule has 1 aromatic rings. The van der Waals surface area contributed by atoms with Gasteiger partial charge in [-0.2, -0.15) is 0 Å². The zero-order valence-corrected chi connectivity index (χ0v) is 9.09. The van der Waals surface area contributed by atoms with Gasteiger partial charge in [0, 0.05) is 11.6 Å². The van der Waals surface area contributed by atoms with Crippen LogP contribution in [0.25, 0.3) is 0 Å². The lowest BCUT2D eigenvalue weighted by Crippen LogP contribution is -2.03. The van der Waals surface area contributed by atoms with E-state index in [0.717, 1.165) is 6.42 Å². The zero-order chi connectivity index (χ0) is 11.5. The number of ether oxygens (including phenoxy) is 3. The van der Waals surface area contributed by atoms with E-state index in [9.17, 15) is 4.39 Å². The van der Waals surface area contributed by atoms with Gasteiger partial charge in [-0.05, 0) is 19.4 Å². The average Bonchev–Trinajstić information content (AvgIpc) is 2.72. The van der Waals surface area contributed by atoms with Crippen molar-refractivity contribution in [2.45, 2.75) is 12.8 Å². The highest BCUT2D eigenvalue weighted by Gasteiger charge is 2.24. The Morgan fingerprint density at radius 2 is 2.31 bits per heavy atom. The normalized spacial score (nSPS) is 12.9. The average molecular weight is 227 g/mol. The van der Waals surface area contributed by atoms with Crippen LogP contribution in [-0.2, 0) is 6.42 Å². The Bertz CT molecular complexity index is 392. The molecule has 2 rings (SSSR count). The second-order valence-electron chi connectivity index (χ2n) is 3.50.